The summed E-state index contributed by atoms with van der Waals surface area (Å²) in [5.74, 6) is 0.113. The lowest BCUT2D eigenvalue weighted by Crippen LogP contribution is -2.23. The van der Waals surface area contributed by atoms with E-state index >= 15 is 0 Å². The van der Waals surface area contributed by atoms with Gasteiger partial charge in [-0.1, -0.05) is 5.16 Å². The van der Waals surface area contributed by atoms with Crippen molar-refractivity contribution in [2.75, 3.05) is 0 Å². The van der Waals surface area contributed by atoms with Gasteiger partial charge >= 0.3 is 0 Å². The third kappa shape index (κ3) is 3.19. The van der Waals surface area contributed by atoms with E-state index in [1.54, 1.807) is 13.1 Å². The molecule has 0 spiro atoms. The Bertz CT molecular complexity index is 987. The summed E-state index contributed by atoms with van der Waals surface area (Å²) in [7, 11) is -2.12. The summed E-state index contributed by atoms with van der Waals surface area (Å²) in [6.45, 7) is -0.212. The molecule has 11 heteroatoms. The zero-order valence-corrected chi connectivity index (χ0v) is 12.7. The quantitative estimate of drug-likeness (QED) is 0.649. The van der Waals surface area contributed by atoms with Crippen molar-refractivity contribution in [3.8, 4) is 11.4 Å². The molecule has 0 aromatic carbocycles. The van der Waals surface area contributed by atoms with E-state index in [4.69, 9.17) is 4.52 Å². The maximum Gasteiger partial charge on any atom is 0.260 e. The van der Waals surface area contributed by atoms with Crippen molar-refractivity contribution in [1.29, 1.82) is 0 Å². The number of aromatic nitrogens is 5. The van der Waals surface area contributed by atoms with Gasteiger partial charge in [-0.2, -0.15) is 4.98 Å². The fourth-order valence-electron chi connectivity index (χ4n) is 1.79. The molecule has 0 fully saturated rings. The number of aromatic amines is 1. The molecule has 2 N–H and O–H groups in total. The second kappa shape index (κ2) is 5.78. The third-order valence-corrected chi connectivity index (χ3v) is 4.18. The Labute approximate surface area is 130 Å². The van der Waals surface area contributed by atoms with Crippen LogP contribution in [0.15, 0.2) is 45.2 Å². The molecule has 0 amide bonds. The number of imidazole rings is 1. The molecule has 120 valence electrons. The van der Waals surface area contributed by atoms with Gasteiger partial charge in [0, 0.05) is 19.4 Å². The summed E-state index contributed by atoms with van der Waals surface area (Å²) in [5.41, 5.74) is -0.135. The molecule has 0 saturated heterocycles. The molecule has 3 aromatic rings. The Balaban J connectivity index is 1.75. The van der Waals surface area contributed by atoms with Crippen molar-refractivity contribution < 1.29 is 12.9 Å². The lowest BCUT2D eigenvalue weighted by molar-refractivity contribution is 0.376. The van der Waals surface area contributed by atoms with Gasteiger partial charge in [0.25, 0.3) is 15.6 Å². The predicted molar refractivity (Wildman–Crippen MR) is 77.6 cm³/mol. The minimum Gasteiger partial charge on any atom is -0.339 e. The number of rotatable bonds is 5. The number of nitrogens with one attached hydrogen (secondary N) is 2. The zero-order chi connectivity index (χ0) is 16.4. The van der Waals surface area contributed by atoms with Crippen LogP contribution in [-0.2, 0) is 23.6 Å². The van der Waals surface area contributed by atoms with E-state index in [0.717, 1.165) is 0 Å². The summed E-state index contributed by atoms with van der Waals surface area (Å²) in [6, 6.07) is 3.15. The van der Waals surface area contributed by atoms with E-state index in [1.807, 2.05) is 0 Å². The number of hydrogen-bond acceptors (Lipinski definition) is 7. The molecular weight excluding hydrogens is 324 g/mol. The average molecular weight is 336 g/mol. The predicted octanol–water partition coefficient (Wildman–Crippen LogP) is -0.363. The Morgan fingerprint density at radius 2 is 2.26 bits per heavy atom. The molecule has 23 heavy (non-hydrogen) atoms. The summed E-state index contributed by atoms with van der Waals surface area (Å²) in [6.07, 6.45) is 4.22. The van der Waals surface area contributed by atoms with Crippen LogP contribution in [0.1, 0.15) is 5.89 Å². The van der Waals surface area contributed by atoms with Gasteiger partial charge in [0.2, 0.25) is 11.7 Å². The summed E-state index contributed by atoms with van der Waals surface area (Å²) in [4.78, 5) is 21.9. The third-order valence-electron chi connectivity index (χ3n) is 2.90. The molecule has 0 radical (unpaired) electrons. The maximum atomic E-state index is 12.0. The van der Waals surface area contributed by atoms with Crippen molar-refractivity contribution >= 4 is 10.0 Å². The highest BCUT2D eigenvalue weighted by Gasteiger charge is 2.19. The normalized spacial score (nSPS) is 11.7. The number of aryl methyl sites for hydroxylation is 1. The molecule has 3 rings (SSSR count). The number of pyridine rings is 1. The van der Waals surface area contributed by atoms with E-state index in [9.17, 15) is 13.2 Å². The first-order chi connectivity index (χ1) is 11.0. The van der Waals surface area contributed by atoms with E-state index in [2.05, 4.69) is 24.8 Å². The van der Waals surface area contributed by atoms with Gasteiger partial charge in [0.1, 0.15) is 0 Å². The lowest BCUT2D eigenvalue weighted by Gasteiger charge is -2.00. The topological polar surface area (TPSA) is 136 Å². The van der Waals surface area contributed by atoms with Gasteiger partial charge in [0.15, 0.2) is 5.03 Å². The summed E-state index contributed by atoms with van der Waals surface area (Å²) in [5, 5.41) is 3.55. The van der Waals surface area contributed by atoms with Gasteiger partial charge in [-0.05, 0) is 12.1 Å². The Hall–Kier alpha value is -2.79. The van der Waals surface area contributed by atoms with Crippen LogP contribution >= 0.6 is 0 Å². The van der Waals surface area contributed by atoms with Crippen LogP contribution < -0.4 is 10.3 Å². The average Bonchev–Trinajstić information content (AvgIpc) is 3.15. The van der Waals surface area contributed by atoms with Crippen LogP contribution in [0, 0.1) is 0 Å². The van der Waals surface area contributed by atoms with Crippen molar-refractivity contribution in [1.82, 2.24) is 29.4 Å². The maximum absolute atomic E-state index is 12.0. The highest BCUT2D eigenvalue weighted by Crippen LogP contribution is 2.11. The Morgan fingerprint density at radius 3 is 2.96 bits per heavy atom. The van der Waals surface area contributed by atoms with Gasteiger partial charge in [-0.3, -0.25) is 4.79 Å². The van der Waals surface area contributed by atoms with Crippen LogP contribution in [0.3, 0.4) is 0 Å². The molecule has 0 aliphatic rings. The Kier molecular flexibility index (Phi) is 3.80. The highest BCUT2D eigenvalue weighted by molar-refractivity contribution is 7.89. The van der Waals surface area contributed by atoms with Crippen LogP contribution in [-0.4, -0.2) is 33.1 Å². The first-order valence-electron chi connectivity index (χ1n) is 6.44. The van der Waals surface area contributed by atoms with E-state index in [-0.39, 0.29) is 34.4 Å². The fraction of sp³-hybridized carbons (Fsp3) is 0.167. The minimum atomic E-state index is -3.78. The lowest BCUT2D eigenvalue weighted by atomic mass is 10.3. The van der Waals surface area contributed by atoms with Gasteiger partial charge in [0.05, 0.1) is 18.4 Å². The van der Waals surface area contributed by atoms with Crippen LogP contribution in [0.25, 0.3) is 11.4 Å². The molecule has 0 aliphatic heterocycles. The van der Waals surface area contributed by atoms with Crippen LogP contribution in [0.2, 0.25) is 0 Å². The van der Waals surface area contributed by atoms with Gasteiger partial charge < -0.3 is 14.1 Å². The molecule has 0 aliphatic carbocycles. The molecule has 0 atom stereocenters. The van der Waals surface area contributed by atoms with E-state index in [1.165, 1.54) is 29.4 Å². The van der Waals surface area contributed by atoms with E-state index in [0.29, 0.717) is 0 Å². The largest absolute Gasteiger partial charge is 0.339 e. The van der Waals surface area contributed by atoms with Crippen molar-refractivity contribution in [3.05, 3.63) is 47.1 Å². The highest BCUT2D eigenvalue weighted by atomic mass is 32.2. The molecule has 0 unspecified atom stereocenters. The Morgan fingerprint density at radius 1 is 1.43 bits per heavy atom. The smallest absolute Gasteiger partial charge is 0.260 e. The second-order valence-electron chi connectivity index (χ2n) is 4.63. The number of nitrogens with zero attached hydrogens (tertiary/aromatic N) is 4. The standard InChI is InChI=1S/C12H12N6O4S/c1-18-6-10(14-7-18)23(20,21)15-5-9-16-11(17-22-9)8-3-2-4-13-12(8)19/h2-4,6-7,15H,5H2,1H3,(H,13,19). The molecule has 3 heterocycles. The molecule has 10 nitrogen and oxygen atoms in total. The van der Waals surface area contributed by atoms with Crippen molar-refractivity contribution in [2.45, 2.75) is 11.6 Å². The molecule has 0 bridgehead atoms. The van der Waals surface area contributed by atoms with Crippen molar-refractivity contribution in [2.24, 2.45) is 7.05 Å². The molecular formula is C12H12N6O4S. The van der Waals surface area contributed by atoms with Gasteiger partial charge in [-0.15, -0.1) is 0 Å². The zero-order valence-electron chi connectivity index (χ0n) is 11.9. The second-order valence-corrected chi connectivity index (χ2v) is 6.34. The molecule has 0 saturated carbocycles. The summed E-state index contributed by atoms with van der Waals surface area (Å²) < 4.78 is 32.8. The summed E-state index contributed by atoms with van der Waals surface area (Å²) >= 11 is 0. The number of hydrogen-bond donors (Lipinski definition) is 2. The minimum absolute atomic E-state index is 0.0303. The SMILES string of the molecule is Cn1cnc(S(=O)(=O)NCc2nc(-c3ccc[nH]c3=O)no2)c1. The molecule has 3 aromatic heterocycles. The number of sulfonamides is 1. The number of H-pyrrole nitrogens is 1. The van der Waals surface area contributed by atoms with Crippen LogP contribution in [0.5, 0.6) is 0 Å². The van der Waals surface area contributed by atoms with E-state index < -0.39 is 10.0 Å². The monoisotopic (exact) mass is 336 g/mol. The fourth-order valence-corrected chi connectivity index (χ4v) is 2.74. The van der Waals surface area contributed by atoms with Crippen molar-refractivity contribution in [3.63, 3.8) is 0 Å². The first kappa shape index (κ1) is 15.1. The first-order valence-corrected chi connectivity index (χ1v) is 7.92. The van der Waals surface area contributed by atoms with Crippen LogP contribution in [0.4, 0.5) is 0 Å². The van der Waals surface area contributed by atoms with Gasteiger partial charge in [-0.25, -0.2) is 18.1 Å².